The van der Waals surface area contributed by atoms with Gasteiger partial charge in [0, 0.05) is 0 Å². The first-order chi connectivity index (χ1) is 13.3. The van der Waals surface area contributed by atoms with Crippen LogP contribution in [0.3, 0.4) is 0 Å². The van der Waals surface area contributed by atoms with Crippen molar-refractivity contribution < 1.29 is 0 Å². The van der Waals surface area contributed by atoms with Gasteiger partial charge in [-0.2, -0.15) is 0 Å². The van der Waals surface area contributed by atoms with Crippen LogP contribution in [0.2, 0.25) is 0 Å². The number of rotatable bonds is 9. The summed E-state index contributed by atoms with van der Waals surface area (Å²) in [5.74, 6) is 3.96. The van der Waals surface area contributed by atoms with Gasteiger partial charge in [-0.25, -0.2) is 0 Å². The second kappa shape index (κ2) is 11.1. The van der Waals surface area contributed by atoms with Crippen LogP contribution in [0.1, 0.15) is 107 Å². The van der Waals surface area contributed by atoms with Gasteiger partial charge in [-0.1, -0.05) is 75.8 Å². The van der Waals surface area contributed by atoms with Crippen LogP contribution >= 0.6 is 0 Å². The summed E-state index contributed by atoms with van der Waals surface area (Å²) in [7, 11) is 0. The fourth-order valence-corrected chi connectivity index (χ4v) is 5.78. The van der Waals surface area contributed by atoms with E-state index in [2.05, 4.69) is 37.8 Å². The van der Waals surface area contributed by atoms with Gasteiger partial charge in [-0.05, 0) is 86.2 Å². The number of hydrogen-bond acceptors (Lipinski definition) is 0. The van der Waals surface area contributed by atoms with Crippen molar-refractivity contribution in [3.8, 4) is 0 Å². The van der Waals surface area contributed by atoms with E-state index >= 15 is 0 Å². The maximum Gasteiger partial charge on any atom is -0.0162 e. The van der Waals surface area contributed by atoms with Crippen LogP contribution in [0.5, 0.6) is 0 Å². The Hall–Kier alpha value is -1.04. The quantitative estimate of drug-likeness (QED) is 0.304. The molecule has 2 aliphatic carbocycles. The molecule has 2 aliphatic rings. The Morgan fingerprint density at radius 1 is 0.852 bits per heavy atom. The van der Waals surface area contributed by atoms with E-state index in [1.807, 2.05) is 6.08 Å². The van der Waals surface area contributed by atoms with Crippen molar-refractivity contribution in [1.29, 1.82) is 0 Å². The number of benzene rings is 1. The van der Waals surface area contributed by atoms with Crippen molar-refractivity contribution in [3.63, 3.8) is 0 Å². The minimum absolute atomic E-state index is 0.820. The molecule has 0 radical (unpaired) electrons. The Kier molecular flexibility index (Phi) is 8.49. The van der Waals surface area contributed by atoms with E-state index < -0.39 is 0 Å². The van der Waals surface area contributed by atoms with Crippen LogP contribution < -0.4 is 0 Å². The second-order valence-electron chi connectivity index (χ2n) is 9.46. The van der Waals surface area contributed by atoms with Crippen molar-refractivity contribution in [2.45, 2.75) is 103 Å². The van der Waals surface area contributed by atoms with Gasteiger partial charge in [0.05, 0.1) is 0 Å². The maximum absolute atomic E-state index is 3.83. The summed E-state index contributed by atoms with van der Waals surface area (Å²) in [6, 6.07) is 9.52. The summed E-state index contributed by atoms with van der Waals surface area (Å²) < 4.78 is 0. The van der Waals surface area contributed by atoms with Gasteiger partial charge >= 0.3 is 0 Å². The number of allylic oxidation sites excluding steroid dienone is 1. The van der Waals surface area contributed by atoms with Gasteiger partial charge in [-0.3, -0.25) is 0 Å². The lowest BCUT2D eigenvalue weighted by Gasteiger charge is -2.38. The molecular formula is C27H42. The molecule has 3 rings (SSSR count). The van der Waals surface area contributed by atoms with Gasteiger partial charge in [-0.15, -0.1) is 6.58 Å². The maximum atomic E-state index is 3.83. The van der Waals surface area contributed by atoms with E-state index in [1.54, 1.807) is 5.56 Å². The molecule has 0 aliphatic heterocycles. The van der Waals surface area contributed by atoms with Crippen LogP contribution in [0.4, 0.5) is 0 Å². The smallest absolute Gasteiger partial charge is 0.0162 e. The molecular weight excluding hydrogens is 324 g/mol. The third kappa shape index (κ3) is 6.23. The average molecular weight is 367 g/mol. The minimum Gasteiger partial charge on any atom is -0.103 e. The average Bonchev–Trinajstić information content (AvgIpc) is 2.73. The van der Waals surface area contributed by atoms with Crippen LogP contribution in [0.15, 0.2) is 36.9 Å². The van der Waals surface area contributed by atoms with Crippen LogP contribution in [-0.4, -0.2) is 0 Å². The van der Waals surface area contributed by atoms with E-state index in [9.17, 15) is 0 Å². The highest BCUT2D eigenvalue weighted by atomic mass is 14.4. The Morgan fingerprint density at radius 2 is 1.48 bits per heavy atom. The molecule has 0 aromatic heterocycles. The molecule has 0 amide bonds. The first-order valence-electron chi connectivity index (χ1n) is 12.0. The highest BCUT2D eigenvalue weighted by Crippen LogP contribution is 2.44. The summed E-state index contributed by atoms with van der Waals surface area (Å²) in [6.07, 6.45) is 22.0. The lowest BCUT2D eigenvalue weighted by Crippen LogP contribution is -2.25. The molecule has 0 heteroatoms. The Morgan fingerprint density at radius 3 is 2.07 bits per heavy atom. The van der Waals surface area contributed by atoms with Crippen molar-refractivity contribution in [1.82, 2.24) is 0 Å². The molecule has 0 N–H and O–H groups in total. The first-order valence-corrected chi connectivity index (χ1v) is 12.0. The molecule has 0 heterocycles. The van der Waals surface area contributed by atoms with Crippen molar-refractivity contribution >= 4 is 0 Å². The monoisotopic (exact) mass is 366 g/mol. The molecule has 27 heavy (non-hydrogen) atoms. The molecule has 0 bridgehead atoms. The summed E-state index contributed by atoms with van der Waals surface area (Å²) in [6.45, 7) is 6.16. The summed E-state index contributed by atoms with van der Waals surface area (Å²) in [5.41, 5.74) is 3.05. The summed E-state index contributed by atoms with van der Waals surface area (Å²) >= 11 is 0. The van der Waals surface area contributed by atoms with Gasteiger partial charge in [0.15, 0.2) is 0 Å². The zero-order valence-corrected chi connectivity index (χ0v) is 17.8. The van der Waals surface area contributed by atoms with Crippen molar-refractivity contribution in [2.24, 2.45) is 17.8 Å². The van der Waals surface area contributed by atoms with Crippen LogP contribution in [-0.2, 0) is 6.42 Å². The number of unbranched alkanes of at least 4 members (excludes halogenated alkanes) is 2. The van der Waals surface area contributed by atoms with Crippen LogP contribution in [0.25, 0.3) is 0 Å². The van der Waals surface area contributed by atoms with Gasteiger partial charge in [0.25, 0.3) is 0 Å². The zero-order valence-electron chi connectivity index (χ0n) is 17.8. The second-order valence-corrected chi connectivity index (χ2v) is 9.46. The van der Waals surface area contributed by atoms with E-state index in [4.69, 9.17) is 0 Å². The topological polar surface area (TPSA) is 0 Å². The Labute approximate surface area is 168 Å². The minimum atomic E-state index is 0.820. The fourth-order valence-electron chi connectivity index (χ4n) is 5.78. The predicted molar refractivity (Wildman–Crippen MR) is 119 cm³/mol. The Bertz CT molecular complexity index is 524. The third-order valence-corrected chi connectivity index (χ3v) is 7.63. The molecule has 0 atom stereocenters. The van der Waals surface area contributed by atoms with E-state index in [1.165, 1.54) is 82.6 Å². The van der Waals surface area contributed by atoms with Crippen LogP contribution in [0, 0.1) is 17.8 Å². The largest absolute Gasteiger partial charge is 0.103 e. The molecule has 150 valence electrons. The first kappa shape index (κ1) is 20.7. The highest BCUT2D eigenvalue weighted by Gasteiger charge is 2.31. The van der Waals surface area contributed by atoms with E-state index in [0.29, 0.717) is 0 Å². The molecule has 0 spiro atoms. The van der Waals surface area contributed by atoms with Gasteiger partial charge < -0.3 is 0 Å². The lowest BCUT2D eigenvalue weighted by atomic mass is 9.68. The number of hydrogen-bond donors (Lipinski definition) is 0. The molecule has 1 aromatic rings. The van der Waals surface area contributed by atoms with E-state index in [-0.39, 0.29) is 0 Å². The summed E-state index contributed by atoms with van der Waals surface area (Å²) in [5, 5.41) is 0. The van der Waals surface area contributed by atoms with Gasteiger partial charge in [0.2, 0.25) is 0 Å². The van der Waals surface area contributed by atoms with Gasteiger partial charge in [0.1, 0.15) is 0 Å². The molecule has 2 fully saturated rings. The third-order valence-electron chi connectivity index (χ3n) is 7.63. The lowest BCUT2D eigenvalue weighted by molar-refractivity contribution is 0.155. The molecule has 1 aromatic carbocycles. The molecule has 2 saturated carbocycles. The molecule has 0 nitrogen and oxygen atoms in total. The molecule has 0 unspecified atom stereocenters. The zero-order chi connectivity index (χ0) is 18.9. The van der Waals surface area contributed by atoms with Crippen molar-refractivity contribution in [2.75, 3.05) is 0 Å². The summed E-state index contributed by atoms with van der Waals surface area (Å²) in [4.78, 5) is 0. The fraction of sp³-hybridized carbons (Fsp3) is 0.704. The van der Waals surface area contributed by atoms with E-state index in [0.717, 1.165) is 36.5 Å². The number of aryl methyl sites for hydroxylation is 1. The normalized spacial score (nSPS) is 28.8. The van der Waals surface area contributed by atoms with Crippen molar-refractivity contribution in [3.05, 3.63) is 48.0 Å². The Balaban J connectivity index is 1.39. The SMILES string of the molecule is C=CCCc1ccc(C2CCC(C3CCC(CCCCC)CC3)CC2)cc1. The standard InChI is InChI=1S/C27H42/c1-3-5-7-9-23-12-16-25(17-13-23)27-20-18-26(19-21-27)24-14-10-22(11-15-24)8-6-4-2/h4,10-11,14-15,23,25-27H,2-3,5-9,12-13,16-21H2,1H3. The predicted octanol–water partition coefficient (Wildman–Crippen LogP) is 8.47. The molecule has 0 saturated heterocycles. The highest BCUT2D eigenvalue weighted by molar-refractivity contribution is 5.26.